The van der Waals surface area contributed by atoms with Crippen LogP contribution in [0.1, 0.15) is 12.0 Å². The van der Waals surface area contributed by atoms with E-state index in [1.54, 1.807) is 6.20 Å². The summed E-state index contributed by atoms with van der Waals surface area (Å²) in [6.07, 6.45) is 3.93. The van der Waals surface area contributed by atoms with E-state index in [-0.39, 0.29) is 5.91 Å². The first-order chi connectivity index (χ1) is 12.8. The fourth-order valence-corrected chi connectivity index (χ4v) is 2.42. The van der Waals surface area contributed by atoms with Gasteiger partial charge in [-0.2, -0.15) is 0 Å². The number of nitrogens with zero attached hydrogens (tertiary/aromatic N) is 1. The van der Waals surface area contributed by atoms with E-state index in [4.69, 9.17) is 4.74 Å². The standard InChI is InChI=1S/C21H21N3O2/c25-21(12-14-23-16-17-7-6-13-22-15-17)24-19-10-4-5-11-20(19)26-18-8-2-1-3-9-18/h1-11,13,15,23H,12,14,16H2,(H,24,25). The van der Waals surface area contributed by atoms with Crippen molar-refractivity contribution in [2.24, 2.45) is 0 Å². The molecule has 0 aliphatic heterocycles. The van der Waals surface area contributed by atoms with Gasteiger partial charge in [-0.1, -0.05) is 36.4 Å². The summed E-state index contributed by atoms with van der Waals surface area (Å²) in [6, 6.07) is 20.8. The highest BCUT2D eigenvalue weighted by Gasteiger charge is 2.08. The molecule has 3 rings (SSSR count). The van der Waals surface area contributed by atoms with Crippen LogP contribution < -0.4 is 15.4 Å². The van der Waals surface area contributed by atoms with Crippen molar-refractivity contribution in [2.45, 2.75) is 13.0 Å². The molecule has 0 unspecified atom stereocenters. The van der Waals surface area contributed by atoms with Gasteiger partial charge in [0.25, 0.3) is 0 Å². The van der Waals surface area contributed by atoms with E-state index in [1.807, 2.05) is 72.9 Å². The maximum Gasteiger partial charge on any atom is 0.225 e. The van der Waals surface area contributed by atoms with E-state index in [2.05, 4.69) is 15.6 Å². The van der Waals surface area contributed by atoms with Crippen LogP contribution >= 0.6 is 0 Å². The SMILES string of the molecule is O=C(CCNCc1cccnc1)Nc1ccccc1Oc1ccccc1. The zero-order valence-corrected chi connectivity index (χ0v) is 14.4. The fraction of sp³-hybridized carbons (Fsp3) is 0.143. The lowest BCUT2D eigenvalue weighted by Crippen LogP contribution is -2.21. The smallest absolute Gasteiger partial charge is 0.225 e. The Morgan fingerprint density at radius 3 is 2.58 bits per heavy atom. The average Bonchev–Trinajstić information content (AvgIpc) is 2.68. The molecule has 5 heteroatoms. The number of pyridine rings is 1. The first-order valence-electron chi connectivity index (χ1n) is 8.53. The Labute approximate surface area is 153 Å². The van der Waals surface area contributed by atoms with Gasteiger partial charge in [-0.25, -0.2) is 0 Å². The number of ether oxygens (including phenoxy) is 1. The Bertz CT molecular complexity index is 823. The summed E-state index contributed by atoms with van der Waals surface area (Å²) in [6.45, 7) is 1.28. The third-order valence-corrected chi connectivity index (χ3v) is 3.71. The van der Waals surface area contributed by atoms with Gasteiger partial charge in [0, 0.05) is 31.9 Å². The highest BCUT2D eigenvalue weighted by Crippen LogP contribution is 2.29. The Balaban J connectivity index is 1.49. The van der Waals surface area contributed by atoms with E-state index < -0.39 is 0 Å². The lowest BCUT2D eigenvalue weighted by atomic mass is 10.2. The van der Waals surface area contributed by atoms with Crippen LogP contribution in [0.25, 0.3) is 0 Å². The van der Waals surface area contributed by atoms with Crippen LogP contribution in [-0.4, -0.2) is 17.4 Å². The molecule has 1 aromatic heterocycles. The Kier molecular flexibility index (Phi) is 6.34. The van der Waals surface area contributed by atoms with Crippen LogP contribution in [0.15, 0.2) is 79.1 Å². The number of carbonyl (C=O) groups is 1. The maximum atomic E-state index is 12.2. The van der Waals surface area contributed by atoms with E-state index in [0.717, 1.165) is 11.3 Å². The number of para-hydroxylation sites is 3. The highest BCUT2D eigenvalue weighted by molar-refractivity contribution is 5.92. The van der Waals surface area contributed by atoms with Crippen molar-refractivity contribution < 1.29 is 9.53 Å². The summed E-state index contributed by atoms with van der Waals surface area (Å²) < 4.78 is 5.86. The molecule has 0 radical (unpaired) electrons. The molecule has 2 N–H and O–H groups in total. The second-order valence-electron chi connectivity index (χ2n) is 5.75. The quantitative estimate of drug-likeness (QED) is 0.605. The zero-order chi connectivity index (χ0) is 18.0. The van der Waals surface area contributed by atoms with E-state index in [9.17, 15) is 4.79 Å². The van der Waals surface area contributed by atoms with Crippen molar-refractivity contribution in [1.82, 2.24) is 10.3 Å². The molecule has 26 heavy (non-hydrogen) atoms. The van der Waals surface area contributed by atoms with Gasteiger partial charge in [-0.15, -0.1) is 0 Å². The third-order valence-electron chi connectivity index (χ3n) is 3.71. The number of aromatic nitrogens is 1. The summed E-state index contributed by atoms with van der Waals surface area (Å²) in [5.41, 5.74) is 1.75. The van der Waals surface area contributed by atoms with Crippen LogP contribution in [0.4, 0.5) is 5.69 Å². The van der Waals surface area contributed by atoms with Crippen molar-refractivity contribution in [3.8, 4) is 11.5 Å². The lowest BCUT2D eigenvalue weighted by Gasteiger charge is -2.12. The third kappa shape index (κ3) is 5.43. The minimum Gasteiger partial charge on any atom is -0.455 e. The minimum absolute atomic E-state index is 0.0622. The first kappa shape index (κ1) is 17.6. The molecular weight excluding hydrogens is 326 g/mol. The fourth-order valence-electron chi connectivity index (χ4n) is 2.42. The molecule has 0 fully saturated rings. The predicted octanol–water partition coefficient (Wildman–Crippen LogP) is 3.99. The zero-order valence-electron chi connectivity index (χ0n) is 14.4. The average molecular weight is 347 g/mol. The number of benzene rings is 2. The van der Waals surface area contributed by atoms with Gasteiger partial charge >= 0.3 is 0 Å². The Morgan fingerprint density at radius 1 is 0.962 bits per heavy atom. The molecule has 0 aliphatic carbocycles. The monoisotopic (exact) mass is 347 g/mol. The van der Waals surface area contributed by atoms with Crippen LogP contribution in [0.3, 0.4) is 0 Å². The number of nitrogens with one attached hydrogen (secondary N) is 2. The summed E-state index contributed by atoms with van der Waals surface area (Å²) >= 11 is 0. The molecule has 0 spiro atoms. The van der Waals surface area contributed by atoms with Crippen molar-refractivity contribution >= 4 is 11.6 Å². The number of anilines is 1. The molecule has 2 aromatic carbocycles. The van der Waals surface area contributed by atoms with Crippen LogP contribution in [0, 0.1) is 0 Å². The van der Waals surface area contributed by atoms with Crippen LogP contribution in [0.5, 0.6) is 11.5 Å². The summed E-state index contributed by atoms with van der Waals surface area (Å²) in [4.78, 5) is 16.3. The van der Waals surface area contributed by atoms with Crippen molar-refractivity contribution in [3.05, 3.63) is 84.7 Å². The van der Waals surface area contributed by atoms with Gasteiger partial charge in [0.2, 0.25) is 5.91 Å². The topological polar surface area (TPSA) is 63.2 Å². The summed E-state index contributed by atoms with van der Waals surface area (Å²) in [5, 5.41) is 6.15. The molecule has 0 atom stereocenters. The van der Waals surface area contributed by atoms with E-state index >= 15 is 0 Å². The van der Waals surface area contributed by atoms with E-state index in [0.29, 0.717) is 30.9 Å². The number of hydrogen-bond acceptors (Lipinski definition) is 4. The van der Waals surface area contributed by atoms with Crippen molar-refractivity contribution in [3.63, 3.8) is 0 Å². The molecule has 132 valence electrons. The normalized spacial score (nSPS) is 10.3. The molecule has 0 saturated heterocycles. The Morgan fingerprint density at radius 2 is 1.77 bits per heavy atom. The number of carbonyl (C=O) groups excluding carboxylic acids is 1. The molecule has 0 saturated carbocycles. The predicted molar refractivity (Wildman–Crippen MR) is 102 cm³/mol. The molecule has 3 aromatic rings. The molecular formula is C21H21N3O2. The molecule has 5 nitrogen and oxygen atoms in total. The van der Waals surface area contributed by atoms with Crippen molar-refractivity contribution in [2.75, 3.05) is 11.9 Å². The Hall–Kier alpha value is -3.18. The summed E-state index contributed by atoms with van der Waals surface area (Å²) in [5.74, 6) is 1.29. The largest absolute Gasteiger partial charge is 0.455 e. The van der Waals surface area contributed by atoms with E-state index in [1.165, 1.54) is 0 Å². The second-order valence-corrected chi connectivity index (χ2v) is 5.75. The highest BCUT2D eigenvalue weighted by atomic mass is 16.5. The van der Waals surface area contributed by atoms with Gasteiger partial charge in [0.05, 0.1) is 5.69 Å². The van der Waals surface area contributed by atoms with Gasteiger partial charge in [0.15, 0.2) is 5.75 Å². The van der Waals surface area contributed by atoms with Gasteiger partial charge in [0.1, 0.15) is 5.75 Å². The second kappa shape index (κ2) is 9.34. The van der Waals surface area contributed by atoms with Crippen LogP contribution in [-0.2, 0) is 11.3 Å². The summed E-state index contributed by atoms with van der Waals surface area (Å²) in [7, 11) is 0. The maximum absolute atomic E-state index is 12.2. The lowest BCUT2D eigenvalue weighted by molar-refractivity contribution is -0.116. The molecule has 1 heterocycles. The van der Waals surface area contributed by atoms with Crippen molar-refractivity contribution in [1.29, 1.82) is 0 Å². The van der Waals surface area contributed by atoms with Gasteiger partial charge in [-0.3, -0.25) is 9.78 Å². The van der Waals surface area contributed by atoms with Crippen LogP contribution in [0.2, 0.25) is 0 Å². The molecule has 1 amide bonds. The van der Waals surface area contributed by atoms with Gasteiger partial charge < -0.3 is 15.4 Å². The molecule has 0 bridgehead atoms. The number of hydrogen-bond donors (Lipinski definition) is 2. The first-order valence-corrected chi connectivity index (χ1v) is 8.53. The number of rotatable bonds is 8. The minimum atomic E-state index is -0.0622. The molecule has 0 aliphatic rings. The number of amides is 1. The van der Waals surface area contributed by atoms with Gasteiger partial charge in [-0.05, 0) is 35.9 Å².